The molecular formula is C9H21NO2. The Kier molecular flexibility index (Phi) is 6.34. The van der Waals surface area contributed by atoms with Crippen LogP contribution in [-0.2, 0) is 0 Å². The first kappa shape index (κ1) is 11.9. The fourth-order valence-corrected chi connectivity index (χ4v) is 1.15. The Bertz CT molecular complexity index is 103. The first-order valence-corrected chi connectivity index (χ1v) is 4.55. The van der Waals surface area contributed by atoms with Gasteiger partial charge < -0.3 is 15.1 Å². The van der Waals surface area contributed by atoms with E-state index in [1.54, 1.807) is 0 Å². The molecule has 2 unspecified atom stereocenters. The molecule has 12 heavy (non-hydrogen) atoms. The predicted octanol–water partition coefficient (Wildman–Crippen LogP) is 0.317. The van der Waals surface area contributed by atoms with Crippen LogP contribution < -0.4 is 0 Å². The van der Waals surface area contributed by atoms with Crippen LogP contribution in [0.1, 0.15) is 19.8 Å². The van der Waals surface area contributed by atoms with Crippen molar-refractivity contribution in [1.82, 2.24) is 4.90 Å². The summed E-state index contributed by atoms with van der Waals surface area (Å²) in [6.45, 7) is 2.95. The second kappa shape index (κ2) is 6.40. The second-order valence-electron chi connectivity index (χ2n) is 3.51. The van der Waals surface area contributed by atoms with Gasteiger partial charge in [-0.3, -0.25) is 0 Å². The highest BCUT2D eigenvalue weighted by atomic mass is 16.3. The summed E-state index contributed by atoms with van der Waals surface area (Å²) in [5.74, 6) is 0.0462. The molecular weight excluding hydrogens is 154 g/mol. The first-order chi connectivity index (χ1) is 5.61. The van der Waals surface area contributed by atoms with Gasteiger partial charge in [-0.2, -0.15) is 0 Å². The average molecular weight is 175 g/mol. The summed E-state index contributed by atoms with van der Waals surface area (Å²) < 4.78 is 0. The van der Waals surface area contributed by atoms with Crippen LogP contribution in [0.2, 0.25) is 0 Å². The third-order valence-corrected chi connectivity index (χ3v) is 2.18. The van der Waals surface area contributed by atoms with Crippen molar-refractivity contribution >= 4 is 0 Å². The van der Waals surface area contributed by atoms with E-state index in [1.165, 1.54) is 0 Å². The Morgan fingerprint density at radius 2 is 1.92 bits per heavy atom. The zero-order valence-electron chi connectivity index (χ0n) is 8.32. The molecule has 0 fully saturated rings. The molecule has 0 radical (unpaired) electrons. The van der Waals surface area contributed by atoms with E-state index in [4.69, 9.17) is 5.11 Å². The smallest absolute Gasteiger partial charge is 0.0602 e. The highest BCUT2D eigenvalue weighted by Gasteiger charge is 2.15. The van der Waals surface area contributed by atoms with Crippen LogP contribution in [-0.4, -0.2) is 48.5 Å². The van der Waals surface area contributed by atoms with Crippen LogP contribution in [0, 0.1) is 5.92 Å². The topological polar surface area (TPSA) is 43.7 Å². The Hall–Kier alpha value is -0.120. The standard InChI is InChI=1S/C9H21NO2/c1-4-8(7-11)9(12)5-6-10(2)3/h8-9,11-12H,4-7H2,1-3H3. The largest absolute Gasteiger partial charge is 0.396 e. The summed E-state index contributed by atoms with van der Waals surface area (Å²) in [6, 6.07) is 0. The fourth-order valence-electron chi connectivity index (χ4n) is 1.15. The molecule has 0 aliphatic carbocycles. The van der Waals surface area contributed by atoms with Crippen molar-refractivity contribution < 1.29 is 10.2 Å². The Morgan fingerprint density at radius 1 is 1.33 bits per heavy atom. The lowest BCUT2D eigenvalue weighted by molar-refractivity contribution is 0.0538. The fraction of sp³-hybridized carbons (Fsp3) is 1.00. The number of aliphatic hydroxyl groups is 2. The number of nitrogens with zero attached hydrogens (tertiary/aromatic N) is 1. The Balaban J connectivity index is 3.61. The zero-order chi connectivity index (χ0) is 9.56. The van der Waals surface area contributed by atoms with Gasteiger partial charge in [0.1, 0.15) is 0 Å². The summed E-state index contributed by atoms with van der Waals surface area (Å²) in [7, 11) is 3.96. The summed E-state index contributed by atoms with van der Waals surface area (Å²) in [6.07, 6.45) is 1.22. The van der Waals surface area contributed by atoms with Crippen LogP contribution >= 0.6 is 0 Å². The third-order valence-electron chi connectivity index (χ3n) is 2.18. The van der Waals surface area contributed by atoms with Crippen molar-refractivity contribution in [1.29, 1.82) is 0 Å². The van der Waals surface area contributed by atoms with Gasteiger partial charge in [-0.1, -0.05) is 6.92 Å². The van der Waals surface area contributed by atoms with Gasteiger partial charge in [0.15, 0.2) is 0 Å². The second-order valence-corrected chi connectivity index (χ2v) is 3.51. The Labute approximate surface area is 75.0 Å². The zero-order valence-corrected chi connectivity index (χ0v) is 8.32. The summed E-state index contributed by atoms with van der Waals surface area (Å²) in [5.41, 5.74) is 0. The lowest BCUT2D eigenvalue weighted by Gasteiger charge is -2.20. The van der Waals surface area contributed by atoms with Crippen LogP contribution in [0.15, 0.2) is 0 Å². The summed E-state index contributed by atoms with van der Waals surface area (Å²) in [5, 5.41) is 18.5. The Morgan fingerprint density at radius 3 is 2.25 bits per heavy atom. The molecule has 0 amide bonds. The third kappa shape index (κ3) is 4.70. The lowest BCUT2D eigenvalue weighted by atomic mass is 9.98. The monoisotopic (exact) mass is 175 g/mol. The van der Waals surface area contributed by atoms with E-state index < -0.39 is 0 Å². The van der Waals surface area contributed by atoms with Crippen LogP contribution in [0.5, 0.6) is 0 Å². The van der Waals surface area contributed by atoms with Gasteiger partial charge in [-0.25, -0.2) is 0 Å². The maximum Gasteiger partial charge on any atom is 0.0602 e. The molecule has 0 rings (SSSR count). The minimum atomic E-state index is -0.359. The van der Waals surface area contributed by atoms with Crippen molar-refractivity contribution in [2.75, 3.05) is 27.2 Å². The van der Waals surface area contributed by atoms with Crippen LogP contribution in [0.25, 0.3) is 0 Å². The quantitative estimate of drug-likeness (QED) is 0.611. The van der Waals surface area contributed by atoms with Gasteiger partial charge in [0, 0.05) is 12.5 Å². The molecule has 74 valence electrons. The molecule has 3 nitrogen and oxygen atoms in total. The maximum atomic E-state index is 9.57. The number of hydrogen-bond acceptors (Lipinski definition) is 3. The van der Waals surface area contributed by atoms with Crippen LogP contribution in [0.3, 0.4) is 0 Å². The van der Waals surface area contributed by atoms with E-state index in [9.17, 15) is 5.11 Å². The van der Waals surface area contributed by atoms with Crippen molar-refractivity contribution in [3.05, 3.63) is 0 Å². The highest BCUT2D eigenvalue weighted by Crippen LogP contribution is 2.10. The van der Waals surface area contributed by atoms with Gasteiger partial charge >= 0.3 is 0 Å². The molecule has 2 atom stereocenters. The SMILES string of the molecule is CCC(CO)C(O)CCN(C)C. The van der Waals surface area contributed by atoms with E-state index in [0.717, 1.165) is 19.4 Å². The minimum absolute atomic E-state index is 0.0462. The molecule has 0 aromatic carbocycles. The van der Waals surface area contributed by atoms with E-state index in [0.29, 0.717) is 0 Å². The van der Waals surface area contributed by atoms with E-state index in [2.05, 4.69) is 0 Å². The summed E-state index contributed by atoms with van der Waals surface area (Å²) in [4.78, 5) is 2.04. The van der Waals surface area contributed by atoms with Crippen molar-refractivity contribution in [2.45, 2.75) is 25.9 Å². The number of hydrogen-bond donors (Lipinski definition) is 2. The highest BCUT2D eigenvalue weighted by molar-refractivity contribution is 4.67. The van der Waals surface area contributed by atoms with E-state index in [1.807, 2.05) is 25.9 Å². The minimum Gasteiger partial charge on any atom is -0.396 e. The summed E-state index contributed by atoms with van der Waals surface area (Å²) >= 11 is 0. The molecule has 3 heteroatoms. The predicted molar refractivity (Wildman–Crippen MR) is 50.0 cm³/mol. The molecule has 0 bridgehead atoms. The lowest BCUT2D eigenvalue weighted by Crippen LogP contribution is -2.27. The van der Waals surface area contributed by atoms with Gasteiger partial charge in [0.05, 0.1) is 6.10 Å². The average Bonchev–Trinajstić information content (AvgIpc) is 2.03. The van der Waals surface area contributed by atoms with Crippen molar-refractivity contribution in [3.63, 3.8) is 0 Å². The first-order valence-electron chi connectivity index (χ1n) is 4.55. The van der Waals surface area contributed by atoms with Crippen molar-refractivity contribution in [3.8, 4) is 0 Å². The molecule has 0 aromatic rings. The maximum absolute atomic E-state index is 9.57. The van der Waals surface area contributed by atoms with Crippen LogP contribution in [0.4, 0.5) is 0 Å². The number of rotatable bonds is 6. The molecule has 0 saturated carbocycles. The van der Waals surface area contributed by atoms with Gasteiger partial charge in [-0.05, 0) is 33.5 Å². The normalized spacial score (nSPS) is 16.5. The molecule has 0 spiro atoms. The molecule has 2 N–H and O–H groups in total. The van der Waals surface area contributed by atoms with Gasteiger partial charge in [-0.15, -0.1) is 0 Å². The van der Waals surface area contributed by atoms with Gasteiger partial charge in [0.25, 0.3) is 0 Å². The molecule has 0 aromatic heterocycles. The molecule has 0 aliphatic heterocycles. The van der Waals surface area contributed by atoms with E-state index >= 15 is 0 Å². The van der Waals surface area contributed by atoms with E-state index in [-0.39, 0.29) is 18.6 Å². The molecule has 0 heterocycles. The molecule has 0 saturated heterocycles. The number of aliphatic hydroxyl groups excluding tert-OH is 2. The molecule has 0 aliphatic rings. The van der Waals surface area contributed by atoms with Gasteiger partial charge in [0.2, 0.25) is 0 Å². The van der Waals surface area contributed by atoms with Crippen molar-refractivity contribution in [2.24, 2.45) is 5.92 Å².